The second-order valence-corrected chi connectivity index (χ2v) is 6.48. The van der Waals surface area contributed by atoms with Crippen LogP contribution in [0.1, 0.15) is 16.1 Å². The van der Waals surface area contributed by atoms with Gasteiger partial charge in [-0.3, -0.25) is 9.59 Å². The normalized spacial score (nSPS) is 10.7. The van der Waals surface area contributed by atoms with Crippen molar-refractivity contribution in [2.45, 2.75) is 13.1 Å². The largest absolute Gasteiger partial charge is 0.476 e. The Morgan fingerprint density at radius 2 is 1.85 bits per heavy atom. The molecule has 3 rings (SSSR count). The maximum atomic E-state index is 12.6. The highest BCUT2D eigenvalue weighted by atomic mass is 35.5. The van der Waals surface area contributed by atoms with Crippen LogP contribution in [-0.2, 0) is 17.9 Å². The number of benzene rings is 2. The van der Waals surface area contributed by atoms with Crippen molar-refractivity contribution in [3.8, 4) is 0 Å². The minimum atomic E-state index is -1.26. The lowest BCUT2D eigenvalue weighted by molar-refractivity contribution is -0.131. The van der Waals surface area contributed by atoms with Crippen molar-refractivity contribution in [1.29, 1.82) is 0 Å². The van der Waals surface area contributed by atoms with Crippen LogP contribution in [0.25, 0.3) is 10.8 Å². The lowest BCUT2D eigenvalue weighted by atomic mass is 10.1. The van der Waals surface area contributed by atoms with Crippen molar-refractivity contribution in [3.05, 3.63) is 75.2 Å². The number of rotatable bonds is 5. The molecule has 0 fully saturated rings. The monoisotopic (exact) mass is 385 g/mol. The van der Waals surface area contributed by atoms with Gasteiger partial charge in [0.15, 0.2) is 5.69 Å². The van der Waals surface area contributed by atoms with Crippen LogP contribution >= 0.6 is 11.6 Å². The van der Waals surface area contributed by atoms with Crippen molar-refractivity contribution >= 4 is 34.2 Å². The summed E-state index contributed by atoms with van der Waals surface area (Å²) in [6.07, 6.45) is 0. The first-order valence-corrected chi connectivity index (χ1v) is 8.46. The molecule has 0 aliphatic rings. The molecule has 0 saturated heterocycles. The number of nitrogens with zero attached hydrogens (tertiary/aromatic N) is 3. The van der Waals surface area contributed by atoms with Crippen LogP contribution < -0.4 is 5.56 Å². The molecule has 8 heteroatoms. The number of carboxylic acids is 1. The Labute approximate surface area is 159 Å². The summed E-state index contributed by atoms with van der Waals surface area (Å²) in [5.41, 5.74) is 0.0546. The van der Waals surface area contributed by atoms with Gasteiger partial charge in [0.2, 0.25) is 5.91 Å². The van der Waals surface area contributed by atoms with E-state index in [1.165, 1.54) is 17.0 Å². The fourth-order valence-corrected chi connectivity index (χ4v) is 2.96. The Bertz CT molecular complexity index is 1090. The summed E-state index contributed by atoms with van der Waals surface area (Å²) in [4.78, 5) is 38.0. The van der Waals surface area contributed by atoms with Crippen LogP contribution in [-0.4, -0.2) is 38.7 Å². The standard InChI is InChI=1S/C19H16ClN3O4/c1-22(10-12-5-4-6-13(20)9-12)16(24)11-23-18(25)15-8-3-2-7-14(15)17(21-23)19(26)27/h2-9H,10-11H2,1H3,(H,26,27). The van der Waals surface area contributed by atoms with E-state index >= 15 is 0 Å². The van der Waals surface area contributed by atoms with E-state index in [-0.39, 0.29) is 28.9 Å². The van der Waals surface area contributed by atoms with E-state index in [0.717, 1.165) is 10.2 Å². The fourth-order valence-electron chi connectivity index (χ4n) is 2.75. The van der Waals surface area contributed by atoms with Gasteiger partial charge in [-0.1, -0.05) is 41.9 Å². The van der Waals surface area contributed by atoms with Gasteiger partial charge in [0.1, 0.15) is 6.54 Å². The average Bonchev–Trinajstić information content (AvgIpc) is 2.63. The molecule has 0 aliphatic heterocycles. The summed E-state index contributed by atoms with van der Waals surface area (Å²) in [6, 6.07) is 13.4. The molecule has 3 aromatic rings. The van der Waals surface area contributed by atoms with Crippen molar-refractivity contribution in [2.75, 3.05) is 7.05 Å². The van der Waals surface area contributed by atoms with E-state index in [1.807, 2.05) is 6.07 Å². The molecule has 0 saturated carbocycles. The number of hydrogen-bond acceptors (Lipinski definition) is 4. The fraction of sp³-hybridized carbons (Fsp3) is 0.158. The van der Waals surface area contributed by atoms with Crippen LogP contribution in [0.4, 0.5) is 0 Å². The summed E-state index contributed by atoms with van der Waals surface area (Å²) in [6.45, 7) is -0.0610. The minimum Gasteiger partial charge on any atom is -0.476 e. The molecule has 0 spiro atoms. The van der Waals surface area contributed by atoms with Gasteiger partial charge in [0.25, 0.3) is 5.56 Å². The van der Waals surface area contributed by atoms with Gasteiger partial charge < -0.3 is 10.0 Å². The Kier molecular flexibility index (Phi) is 5.23. The summed E-state index contributed by atoms with van der Waals surface area (Å²) in [7, 11) is 1.59. The van der Waals surface area contributed by atoms with E-state index < -0.39 is 11.5 Å². The highest BCUT2D eigenvalue weighted by Gasteiger charge is 2.18. The lowest BCUT2D eigenvalue weighted by Gasteiger charge is -2.18. The van der Waals surface area contributed by atoms with E-state index in [0.29, 0.717) is 11.6 Å². The van der Waals surface area contributed by atoms with E-state index in [2.05, 4.69) is 5.10 Å². The number of carboxylic acid groups (broad SMARTS) is 1. The van der Waals surface area contributed by atoms with Crippen LogP contribution in [0.15, 0.2) is 53.3 Å². The Morgan fingerprint density at radius 3 is 2.52 bits per heavy atom. The van der Waals surface area contributed by atoms with Gasteiger partial charge in [-0.25, -0.2) is 9.48 Å². The molecule has 1 amide bonds. The average molecular weight is 386 g/mol. The first kappa shape index (κ1) is 18.6. The van der Waals surface area contributed by atoms with Crippen LogP contribution in [0.2, 0.25) is 5.02 Å². The summed E-state index contributed by atoms with van der Waals surface area (Å²) >= 11 is 5.95. The maximum absolute atomic E-state index is 12.6. The molecule has 0 unspecified atom stereocenters. The lowest BCUT2D eigenvalue weighted by Crippen LogP contribution is -2.35. The molecular formula is C19H16ClN3O4. The first-order valence-electron chi connectivity index (χ1n) is 8.08. The number of halogens is 1. The smallest absolute Gasteiger partial charge is 0.357 e. The maximum Gasteiger partial charge on any atom is 0.357 e. The van der Waals surface area contributed by atoms with E-state index in [9.17, 15) is 19.5 Å². The molecule has 1 aromatic heterocycles. The second-order valence-electron chi connectivity index (χ2n) is 6.04. The van der Waals surface area contributed by atoms with Gasteiger partial charge in [-0.05, 0) is 23.8 Å². The number of carbonyl (C=O) groups excluding carboxylic acids is 1. The molecular weight excluding hydrogens is 370 g/mol. The highest BCUT2D eigenvalue weighted by Crippen LogP contribution is 2.14. The predicted molar refractivity (Wildman–Crippen MR) is 101 cm³/mol. The molecule has 27 heavy (non-hydrogen) atoms. The quantitative estimate of drug-likeness (QED) is 0.728. The Hall–Kier alpha value is -3.19. The zero-order valence-corrected chi connectivity index (χ0v) is 15.2. The molecule has 1 N–H and O–H groups in total. The number of hydrogen-bond donors (Lipinski definition) is 1. The number of aromatic nitrogens is 2. The number of fused-ring (bicyclic) bond motifs is 1. The van der Waals surface area contributed by atoms with Gasteiger partial charge in [0, 0.05) is 24.0 Å². The topological polar surface area (TPSA) is 92.5 Å². The Balaban J connectivity index is 1.89. The molecule has 0 bridgehead atoms. The number of carbonyl (C=O) groups is 2. The predicted octanol–water partition coefficient (Wildman–Crippen LogP) is 2.41. The first-order chi connectivity index (χ1) is 12.9. The minimum absolute atomic E-state index is 0.204. The summed E-state index contributed by atoms with van der Waals surface area (Å²) in [5, 5.41) is 14.3. The Morgan fingerprint density at radius 1 is 1.15 bits per heavy atom. The molecule has 0 aliphatic carbocycles. The van der Waals surface area contributed by atoms with Crippen molar-refractivity contribution in [1.82, 2.24) is 14.7 Å². The molecule has 2 aromatic carbocycles. The molecule has 1 heterocycles. The third-order valence-electron chi connectivity index (χ3n) is 4.09. The number of amides is 1. The number of aromatic carboxylic acids is 1. The van der Waals surface area contributed by atoms with E-state index in [1.54, 1.807) is 37.4 Å². The van der Waals surface area contributed by atoms with Crippen LogP contribution in [0.5, 0.6) is 0 Å². The second kappa shape index (κ2) is 7.59. The molecule has 138 valence electrons. The summed E-state index contributed by atoms with van der Waals surface area (Å²) < 4.78 is 0.891. The van der Waals surface area contributed by atoms with Crippen molar-refractivity contribution in [2.24, 2.45) is 0 Å². The molecule has 0 radical (unpaired) electrons. The molecule has 0 atom stereocenters. The third-order valence-corrected chi connectivity index (χ3v) is 4.32. The van der Waals surface area contributed by atoms with Crippen LogP contribution in [0.3, 0.4) is 0 Å². The zero-order valence-electron chi connectivity index (χ0n) is 14.4. The van der Waals surface area contributed by atoms with E-state index in [4.69, 9.17) is 11.6 Å². The van der Waals surface area contributed by atoms with Gasteiger partial charge in [-0.15, -0.1) is 0 Å². The van der Waals surface area contributed by atoms with Crippen molar-refractivity contribution in [3.63, 3.8) is 0 Å². The zero-order chi connectivity index (χ0) is 19.6. The van der Waals surface area contributed by atoms with Gasteiger partial charge in [-0.2, -0.15) is 5.10 Å². The summed E-state index contributed by atoms with van der Waals surface area (Å²) in [5.74, 6) is -1.64. The van der Waals surface area contributed by atoms with Gasteiger partial charge >= 0.3 is 5.97 Å². The van der Waals surface area contributed by atoms with Crippen LogP contribution in [0, 0.1) is 0 Å². The third kappa shape index (κ3) is 3.98. The highest BCUT2D eigenvalue weighted by molar-refractivity contribution is 6.30. The SMILES string of the molecule is CN(Cc1cccc(Cl)c1)C(=O)Cn1nc(C(=O)O)c2ccccc2c1=O. The van der Waals surface area contributed by atoms with Crippen molar-refractivity contribution < 1.29 is 14.7 Å². The van der Waals surface area contributed by atoms with Gasteiger partial charge in [0.05, 0.1) is 5.39 Å². The molecule has 7 nitrogen and oxygen atoms in total. The number of likely N-dealkylation sites (N-methyl/N-ethyl adjacent to an activating group) is 1.